The van der Waals surface area contributed by atoms with Crippen LogP contribution in [-0.2, 0) is 5.41 Å². The van der Waals surface area contributed by atoms with Gasteiger partial charge in [-0.1, -0.05) is 73.2 Å². The van der Waals surface area contributed by atoms with Crippen molar-refractivity contribution < 1.29 is 0 Å². The molecule has 0 bridgehead atoms. The highest BCUT2D eigenvalue weighted by Gasteiger charge is 2.24. The summed E-state index contributed by atoms with van der Waals surface area (Å²) in [6.07, 6.45) is 6.54. The van der Waals surface area contributed by atoms with E-state index in [0.717, 1.165) is 23.1 Å². The smallest absolute Gasteiger partial charge is 0.0572 e. The fourth-order valence-corrected chi connectivity index (χ4v) is 2.25. The first-order valence-corrected chi connectivity index (χ1v) is 6.42. The number of rotatable bonds is 4. The molecule has 94 valence electrons. The van der Waals surface area contributed by atoms with Gasteiger partial charge in [-0.25, -0.2) is 0 Å². The van der Waals surface area contributed by atoms with Gasteiger partial charge in [0, 0.05) is 0 Å². The molecule has 0 N–H and O–H groups in total. The van der Waals surface area contributed by atoms with Crippen LogP contribution in [0.5, 0.6) is 0 Å². The average molecular weight is 246 g/mol. The van der Waals surface area contributed by atoms with Crippen molar-refractivity contribution in [2.24, 2.45) is 0 Å². The Morgan fingerprint density at radius 2 is 1.58 bits per heavy atom. The highest BCUT2D eigenvalue weighted by molar-refractivity contribution is 5.65. The minimum Gasteiger partial charge on any atom is -0.119 e. The number of benzene rings is 2. The number of hydrogen-bond donors (Lipinski definition) is 0. The lowest BCUT2D eigenvalue weighted by molar-refractivity contribution is 0.641. The molecule has 0 fully saturated rings. The molecule has 2 aromatic carbocycles. The van der Waals surface area contributed by atoms with Gasteiger partial charge in [0.25, 0.3) is 0 Å². The van der Waals surface area contributed by atoms with Gasteiger partial charge in [-0.2, -0.15) is 0 Å². The van der Waals surface area contributed by atoms with Gasteiger partial charge < -0.3 is 0 Å². The van der Waals surface area contributed by atoms with Gasteiger partial charge >= 0.3 is 0 Å². The predicted molar refractivity (Wildman–Crippen MR) is 82.7 cm³/mol. The van der Waals surface area contributed by atoms with Crippen molar-refractivity contribution in [1.82, 2.24) is 0 Å². The van der Waals surface area contributed by atoms with E-state index >= 15 is 0 Å². The Balaban J connectivity index is 2.26. The summed E-state index contributed by atoms with van der Waals surface area (Å²) in [7, 11) is 0. The lowest BCUT2D eigenvalue weighted by atomic mass is 9.77. The maximum atomic E-state index is 5.77. The summed E-state index contributed by atoms with van der Waals surface area (Å²) in [4.78, 5) is 0. The van der Waals surface area contributed by atoms with Crippen LogP contribution in [0, 0.1) is 12.3 Å². The second-order valence-electron chi connectivity index (χ2n) is 4.99. The third-order valence-corrected chi connectivity index (χ3v) is 3.48. The van der Waals surface area contributed by atoms with E-state index in [1.807, 2.05) is 36.4 Å². The molecular weight excluding hydrogens is 228 g/mol. The molecule has 0 saturated heterocycles. The van der Waals surface area contributed by atoms with E-state index in [4.69, 9.17) is 6.42 Å². The number of allylic oxidation sites excluding steroid dienone is 1. The highest BCUT2D eigenvalue weighted by atomic mass is 14.3. The van der Waals surface area contributed by atoms with E-state index in [-0.39, 0.29) is 5.41 Å². The third kappa shape index (κ3) is 2.95. The lowest BCUT2D eigenvalue weighted by Crippen LogP contribution is -2.19. The first kappa shape index (κ1) is 13.2. The van der Waals surface area contributed by atoms with E-state index in [0.29, 0.717) is 0 Å². The molecule has 0 saturated carbocycles. The Morgan fingerprint density at radius 1 is 1.05 bits per heavy atom. The van der Waals surface area contributed by atoms with Crippen LogP contribution >= 0.6 is 0 Å². The molecule has 1 unspecified atom stereocenters. The molecule has 2 rings (SSSR count). The topological polar surface area (TPSA) is 0 Å². The van der Waals surface area contributed by atoms with Crippen LogP contribution < -0.4 is 0 Å². The summed E-state index contributed by atoms with van der Waals surface area (Å²) in [6.45, 7) is 6.28. The summed E-state index contributed by atoms with van der Waals surface area (Å²) >= 11 is 0. The Kier molecular flexibility index (Phi) is 3.88. The van der Waals surface area contributed by atoms with E-state index in [2.05, 4.69) is 43.7 Å². The molecule has 0 heterocycles. The largest absolute Gasteiger partial charge is 0.119 e. The zero-order chi connectivity index (χ0) is 13.7. The van der Waals surface area contributed by atoms with Gasteiger partial charge in [0.05, 0.1) is 5.41 Å². The zero-order valence-electron chi connectivity index (χ0n) is 11.3. The molecule has 0 aliphatic heterocycles. The lowest BCUT2D eigenvalue weighted by Gasteiger charge is -2.25. The Morgan fingerprint density at radius 3 is 2.11 bits per heavy atom. The van der Waals surface area contributed by atoms with Crippen molar-refractivity contribution in [3.05, 3.63) is 78.4 Å². The van der Waals surface area contributed by atoms with Crippen molar-refractivity contribution in [2.75, 3.05) is 0 Å². The molecular formula is C19H18. The van der Waals surface area contributed by atoms with Crippen LogP contribution in [0.2, 0.25) is 0 Å². The minimum absolute atomic E-state index is 0.311. The molecule has 0 aliphatic carbocycles. The average Bonchev–Trinajstić information content (AvgIpc) is 2.49. The number of hydrogen-bond acceptors (Lipinski definition) is 0. The SMILES string of the molecule is C#CC(C)(CC(=C)c1ccccc1)c1ccccc1. The molecule has 0 aliphatic rings. The zero-order valence-corrected chi connectivity index (χ0v) is 11.3. The molecule has 0 amide bonds. The van der Waals surface area contributed by atoms with Crippen LogP contribution in [-0.4, -0.2) is 0 Å². The van der Waals surface area contributed by atoms with E-state index in [9.17, 15) is 0 Å². The fourth-order valence-electron chi connectivity index (χ4n) is 2.25. The first-order chi connectivity index (χ1) is 9.15. The van der Waals surface area contributed by atoms with Crippen molar-refractivity contribution >= 4 is 5.57 Å². The van der Waals surface area contributed by atoms with Crippen molar-refractivity contribution in [3.63, 3.8) is 0 Å². The van der Waals surface area contributed by atoms with Crippen molar-refractivity contribution in [2.45, 2.75) is 18.8 Å². The Labute approximate surface area is 115 Å². The molecule has 2 aromatic rings. The Bertz CT molecular complexity index is 587. The Hall–Kier alpha value is -2.26. The summed E-state index contributed by atoms with van der Waals surface area (Å²) in [5.41, 5.74) is 3.08. The maximum absolute atomic E-state index is 5.77. The maximum Gasteiger partial charge on any atom is 0.0572 e. The second kappa shape index (κ2) is 5.59. The molecule has 1 atom stereocenters. The molecule has 0 heteroatoms. The highest BCUT2D eigenvalue weighted by Crippen LogP contribution is 2.33. The fraction of sp³-hybridized carbons (Fsp3) is 0.158. The van der Waals surface area contributed by atoms with Crippen LogP contribution in [0.4, 0.5) is 0 Å². The van der Waals surface area contributed by atoms with Gasteiger partial charge in [0.15, 0.2) is 0 Å². The summed E-state index contributed by atoms with van der Waals surface area (Å²) < 4.78 is 0. The monoisotopic (exact) mass is 246 g/mol. The summed E-state index contributed by atoms with van der Waals surface area (Å²) in [6, 6.07) is 20.4. The van der Waals surface area contributed by atoms with Crippen LogP contribution in [0.25, 0.3) is 5.57 Å². The van der Waals surface area contributed by atoms with Crippen molar-refractivity contribution in [1.29, 1.82) is 0 Å². The minimum atomic E-state index is -0.311. The van der Waals surface area contributed by atoms with E-state index in [1.54, 1.807) is 0 Å². The summed E-state index contributed by atoms with van der Waals surface area (Å²) in [5.74, 6) is 2.93. The predicted octanol–water partition coefficient (Wildman–Crippen LogP) is 4.68. The van der Waals surface area contributed by atoms with Crippen LogP contribution in [0.3, 0.4) is 0 Å². The normalized spacial score (nSPS) is 13.3. The number of terminal acetylenes is 1. The van der Waals surface area contributed by atoms with Gasteiger partial charge in [-0.15, -0.1) is 6.42 Å². The van der Waals surface area contributed by atoms with Crippen molar-refractivity contribution in [3.8, 4) is 12.3 Å². The van der Waals surface area contributed by atoms with Gasteiger partial charge in [-0.3, -0.25) is 0 Å². The van der Waals surface area contributed by atoms with E-state index in [1.165, 1.54) is 0 Å². The second-order valence-corrected chi connectivity index (χ2v) is 4.99. The van der Waals surface area contributed by atoms with Gasteiger partial charge in [0.2, 0.25) is 0 Å². The summed E-state index contributed by atoms with van der Waals surface area (Å²) in [5, 5.41) is 0. The van der Waals surface area contributed by atoms with Gasteiger partial charge in [0.1, 0.15) is 0 Å². The third-order valence-electron chi connectivity index (χ3n) is 3.48. The molecule has 0 spiro atoms. The van der Waals surface area contributed by atoms with Crippen LogP contribution in [0.15, 0.2) is 67.2 Å². The molecule has 19 heavy (non-hydrogen) atoms. The molecule has 0 nitrogen and oxygen atoms in total. The van der Waals surface area contributed by atoms with E-state index < -0.39 is 0 Å². The molecule has 0 radical (unpaired) electrons. The van der Waals surface area contributed by atoms with Gasteiger partial charge in [-0.05, 0) is 30.0 Å². The van der Waals surface area contributed by atoms with Crippen LogP contribution in [0.1, 0.15) is 24.5 Å². The molecule has 0 aromatic heterocycles. The first-order valence-electron chi connectivity index (χ1n) is 6.42. The standard InChI is InChI=1S/C19H18/c1-4-19(3,18-13-9-6-10-14-18)15-16(2)17-11-7-5-8-12-17/h1,5-14H,2,15H2,3H3. The quantitative estimate of drug-likeness (QED) is 0.687.